The fraction of sp³-hybridized carbons (Fsp3) is 0.267. The van der Waals surface area contributed by atoms with Gasteiger partial charge >= 0.3 is 0 Å². The number of nitrogens with one attached hydrogen (secondary N) is 1. The maximum absolute atomic E-state index is 13.3. The average molecular weight is 278 g/mol. The predicted molar refractivity (Wildman–Crippen MR) is 72.7 cm³/mol. The van der Waals surface area contributed by atoms with E-state index >= 15 is 0 Å². The van der Waals surface area contributed by atoms with Crippen LogP contribution in [0.25, 0.3) is 0 Å². The highest BCUT2D eigenvalue weighted by Gasteiger charge is 2.15. The molecular weight excluding hydrogens is 262 g/mol. The summed E-state index contributed by atoms with van der Waals surface area (Å²) in [6.07, 6.45) is 3.83. The summed E-state index contributed by atoms with van der Waals surface area (Å²) in [5.41, 5.74) is 1.64. The molecule has 2 rings (SSSR count). The van der Waals surface area contributed by atoms with E-state index in [0.29, 0.717) is 17.7 Å². The Kier molecular flexibility index (Phi) is 4.63. The number of rotatable bonds is 5. The maximum atomic E-state index is 13.3. The van der Waals surface area contributed by atoms with Crippen LogP contribution in [0.1, 0.15) is 17.2 Å². The van der Waals surface area contributed by atoms with Crippen LogP contribution < -0.4 is 10.1 Å². The molecule has 20 heavy (non-hydrogen) atoms. The molecule has 106 valence electrons. The molecule has 0 aliphatic carbocycles. The lowest BCUT2D eigenvalue weighted by molar-refractivity contribution is 0.399. The van der Waals surface area contributed by atoms with Crippen LogP contribution in [0, 0.1) is 11.6 Å². The van der Waals surface area contributed by atoms with Gasteiger partial charge in [0.05, 0.1) is 13.3 Å². The van der Waals surface area contributed by atoms with E-state index in [1.54, 1.807) is 25.6 Å². The molecule has 1 aromatic carbocycles. The van der Waals surface area contributed by atoms with Crippen LogP contribution in [0.3, 0.4) is 0 Å². The molecule has 1 heterocycles. The van der Waals surface area contributed by atoms with Gasteiger partial charge in [0, 0.05) is 17.8 Å². The van der Waals surface area contributed by atoms with E-state index in [0.717, 1.165) is 11.6 Å². The van der Waals surface area contributed by atoms with Gasteiger partial charge in [0.15, 0.2) is 11.6 Å². The van der Waals surface area contributed by atoms with Crippen molar-refractivity contribution in [2.45, 2.75) is 12.5 Å². The quantitative estimate of drug-likeness (QED) is 0.913. The minimum atomic E-state index is -0.837. The number of pyridine rings is 1. The molecule has 0 aliphatic heterocycles. The second-order valence-electron chi connectivity index (χ2n) is 4.41. The summed E-state index contributed by atoms with van der Waals surface area (Å²) in [5.74, 6) is -1.01. The molecule has 3 nitrogen and oxygen atoms in total. The highest BCUT2D eigenvalue weighted by atomic mass is 19.2. The van der Waals surface area contributed by atoms with Crippen LogP contribution in [0.15, 0.2) is 36.7 Å². The summed E-state index contributed by atoms with van der Waals surface area (Å²) >= 11 is 0. The van der Waals surface area contributed by atoms with Crippen molar-refractivity contribution >= 4 is 0 Å². The normalized spacial score (nSPS) is 12.2. The van der Waals surface area contributed by atoms with Gasteiger partial charge in [-0.1, -0.05) is 6.07 Å². The fourth-order valence-electron chi connectivity index (χ4n) is 2.12. The molecule has 0 saturated heterocycles. The van der Waals surface area contributed by atoms with Crippen molar-refractivity contribution in [1.29, 1.82) is 0 Å². The van der Waals surface area contributed by atoms with E-state index in [2.05, 4.69) is 10.3 Å². The predicted octanol–water partition coefficient (Wildman–Crippen LogP) is 2.87. The molecule has 0 bridgehead atoms. The summed E-state index contributed by atoms with van der Waals surface area (Å²) < 4.78 is 31.5. The van der Waals surface area contributed by atoms with Crippen molar-refractivity contribution in [3.8, 4) is 5.75 Å². The zero-order chi connectivity index (χ0) is 14.5. The first kappa shape index (κ1) is 14.4. The first-order valence-electron chi connectivity index (χ1n) is 6.24. The minimum absolute atomic E-state index is 0.0715. The molecular formula is C15H16F2N2O. The number of hydrogen-bond acceptors (Lipinski definition) is 3. The molecule has 0 radical (unpaired) electrons. The largest absolute Gasteiger partial charge is 0.495 e. The minimum Gasteiger partial charge on any atom is -0.495 e. The lowest BCUT2D eigenvalue weighted by Gasteiger charge is -2.19. The van der Waals surface area contributed by atoms with Crippen LogP contribution in [0.4, 0.5) is 8.78 Å². The van der Waals surface area contributed by atoms with E-state index in [1.165, 1.54) is 6.07 Å². The third kappa shape index (κ3) is 3.11. The molecule has 2 aromatic rings. The number of likely N-dealkylation sites (N-methyl/N-ethyl adjacent to an activating group) is 1. The Bertz CT molecular complexity index is 590. The molecule has 0 amide bonds. The Morgan fingerprint density at radius 2 is 2.05 bits per heavy atom. The van der Waals surface area contributed by atoms with Gasteiger partial charge in [0.1, 0.15) is 5.75 Å². The van der Waals surface area contributed by atoms with Crippen LogP contribution in [-0.2, 0) is 6.42 Å². The van der Waals surface area contributed by atoms with Crippen LogP contribution in [0.5, 0.6) is 5.75 Å². The third-order valence-corrected chi connectivity index (χ3v) is 3.18. The monoisotopic (exact) mass is 278 g/mol. The highest BCUT2D eigenvalue weighted by Crippen LogP contribution is 2.26. The van der Waals surface area contributed by atoms with Gasteiger partial charge < -0.3 is 10.1 Å². The number of benzene rings is 1. The molecule has 0 fully saturated rings. The van der Waals surface area contributed by atoms with Crippen molar-refractivity contribution in [2.24, 2.45) is 0 Å². The Labute approximate surface area is 116 Å². The molecule has 0 spiro atoms. The molecule has 1 N–H and O–H groups in total. The zero-order valence-electron chi connectivity index (χ0n) is 11.4. The molecule has 1 atom stereocenters. The summed E-state index contributed by atoms with van der Waals surface area (Å²) in [4.78, 5) is 4.00. The number of hydrogen-bond donors (Lipinski definition) is 1. The molecule has 1 unspecified atom stereocenters. The average Bonchev–Trinajstić information content (AvgIpc) is 2.48. The van der Waals surface area contributed by atoms with Gasteiger partial charge in [-0.25, -0.2) is 8.78 Å². The van der Waals surface area contributed by atoms with Gasteiger partial charge in [-0.2, -0.15) is 0 Å². The highest BCUT2D eigenvalue weighted by molar-refractivity contribution is 5.34. The van der Waals surface area contributed by atoms with Gasteiger partial charge in [0.25, 0.3) is 0 Å². The van der Waals surface area contributed by atoms with Gasteiger partial charge in [-0.05, 0) is 37.2 Å². The van der Waals surface area contributed by atoms with E-state index < -0.39 is 11.6 Å². The summed E-state index contributed by atoms with van der Waals surface area (Å²) in [5, 5.41) is 3.15. The van der Waals surface area contributed by atoms with Crippen molar-refractivity contribution in [1.82, 2.24) is 10.3 Å². The van der Waals surface area contributed by atoms with Crippen LogP contribution in [0.2, 0.25) is 0 Å². The fourth-order valence-corrected chi connectivity index (χ4v) is 2.12. The van der Waals surface area contributed by atoms with Gasteiger partial charge in [0.2, 0.25) is 0 Å². The molecule has 0 aliphatic rings. The summed E-state index contributed by atoms with van der Waals surface area (Å²) in [6.45, 7) is 0. The van der Waals surface area contributed by atoms with Crippen molar-refractivity contribution in [3.63, 3.8) is 0 Å². The lowest BCUT2D eigenvalue weighted by atomic mass is 9.99. The summed E-state index contributed by atoms with van der Waals surface area (Å²) in [6, 6.07) is 5.71. The van der Waals surface area contributed by atoms with E-state index in [4.69, 9.17) is 4.74 Å². The molecule has 1 aromatic heterocycles. The van der Waals surface area contributed by atoms with Crippen molar-refractivity contribution < 1.29 is 13.5 Å². The number of aromatic nitrogens is 1. The SMILES string of the molecule is CNC(Cc1ccc(F)c(F)c1)c1ccncc1OC. The zero-order valence-corrected chi connectivity index (χ0v) is 11.4. The Hall–Kier alpha value is -2.01. The Morgan fingerprint density at radius 3 is 2.70 bits per heavy atom. The second kappa shape index (κ2) is 6.43. The number of nitrogens with zero attached hydrogens (tertiary/aromatic N) is 1. The van der Waals surface area contributed by atoms with E-state index in [9.17, 15) is 8.78 Å². The summed E-state index contributed by atoms with van der Waals surface area (Å²) in [7, 11) is 3.38. The number of ether oxygens (including phenoxy) is 1. The van der Waals surface area contributed by atoms with E-state index in [-0.39, 0.29) is 6.04 Å². The second-order valence-corrected chi connectivity index (χ2v) is 4.41. The van der Waals surface area contributed by atoms with Crippen LogP contribution in [-0.4, -0.2) is 19.1 Å². The number of methoxy groups -OCH3 is 1. The lowest BCUT2D eigenvalue weighted by Crippen LogP contribution is -2.19. The topological polar surface area (TPSA) is 34.2 Å². The maximum Gasteiger partial charge on any atom is 0.159 e. The standard InChI is InChI=1S/C15H16F2N2O/c1-18-14(11-5-6-19-9-15(11)20-2)8-10-3-4-12(16)13(17)7-10/h3-7,9,14,18H,8H2,1-2H3. The first-order chi connectivity index (χ1) is 9.65. The Balaban J connectivity index is 2.26. The van der Waals surface area contributed by atoms with E-state index in [1.807, 2.05) is 13.1 Å². The van der Waals surface area contributed by atoms with Crippen molar-refractivity contribution in [3.05, 3.63) is 59.4 Å². The first-order valence-corrected chi connectivity index (χ1v) is 6.24. The Morgan fingerprint density at radius 1 is 1.25 bits per heavy atom. The smallest absolute Gasteiger partial charge is 0.159 e. The third-order valence-electron chi connectivity index (χ3n) is 3.18. The molecule has 0 saturated carbocycles. The van der Waals surface area contributed by atoms with Gasteiger partial charge in [-0.15, -0.1) is 0 Å². The number of halogens is 2. The van der Waals surface area contributed by atoms with Crippen molar-refractivity contribution in [2.75, 3.05) is 14.2 Å². The molecule has 5 heteroatoms. The van der Waals surface area contributed by atoms with Crippen LogP contribution >= 0.6 is 0 Å². The van der Waals surface area contributed by atoms with Gasteiger partial charge in [-0.3, -0.25) is 4.98 Å².